The van der Waals surface area contributed by atoms with Gasteiger partial charge in [0, 0.05) is 42.1 Å². The largest absolute Gasteiger partial charge is 0.329 e. The van der Waals surface area contributed by atoms with E-state index < -0.39 is 11.5 Å². The van der Waals surface area contributed by atoms with Crippen LogP contribution < -0.4 is 5.32 Å². The maximum atomic E-state index is 13.8. The number of fused-ring (bicyclic) bond motifs is 3. The second-order valence-electron chi connectivity index (χ2n) is 8.75. The molecule has 1 aromatic carbocycles. The summed E-state index contributed by atoms with van der Waals surface area (Å²) in [4.78, 5) is 37.9. The van der Waals surface area contributed by atoms with Crippen molar-refractivity contribution in [3.63, 3.8) is 0 Å². The summed E-state index contributed by atoms with van der Waals surface area (Å²) in [6, 6.07) is 14.6. The molecule has 0 aliphatic carbocycles. The van der Waals surface area contributed by atoms with Gasteiger partial charge in [0.15, 0.2) is 11.3 Å². The smallest absolute Gasteiger partial charge is 0.275 e. The Labute approximate surface area is 190 Å². The maximum Gasteiger partial charge on any atom is 0.275 e. The molecule has 1 saturated heterocycles. The highest BCUT2D eigenvalue weighted by Gasteiger charge is 2.59. The van der Waals surface area contributed by atoms with Crippen molar-refractivity contribution in [3.8, 4) is 0 Å². The third-order valence-electron chi connectivity index (χ3n) is 6.80. The predicted molar refractivity (Wildman–Crippen MR) is 122 cm³/mol. The summed E-state index contributed by atoms with van der Waals surface area (Å²) in [6.45, 7) is 4.28. The number of hydrogen-bond acceptors (Lipinski definition) is 5. The minimum Gasteiger partial charge on any atom is -0.329 e. The maximum absolute atomic E-state index is 13.8. The summed E-state index contributed by atoms with van der Waals surface area (Å²) >= 11 is 0. The van der Waals surface area contributed by atoms with Gasteiger partial charge in [-0.1, -0.05) is 24.3 Å². The molecule has 164 valence electrons. The van der Waals surface area contributed by atoms with Crippen LogP contribution in [0.15, 0.2) is 60.9 Å². The van der Waals surface area contributed by atoms with Gasteiger partial charge in [0.05, 0.1) is 6.04 Å². The van der Waals surface area contributed by atoms with E-state index in [4.69, 9.17) is 0 Å². The third-order valence-corrected chi connectivity index (χ3v) is 6.80. The third kappa shape index (κ3) is 2.73. The van der Waals surface area contributed by atoms with Crippen molar-refractivity contribution in [1.82, 2.24) is 24.5 Å². The number of likely N-dealkylation sites (tertiary alicyclic amines) is 1. The summed E-state index contributed by atoms with van der Waals surface area (Å²) in [6.07, 6.45) is 3.95. The Morgan fingerprint density at radius 1 is 1.15 bits per heavy atom. The second-order valence-corrected chi connectivity index (χ2v) is 8.75. The quantitative estimate of drug-likeness (QED) is 0.519. The molecule has 2 aliphatic heterocycles. The molecule has 33 heavy (non-hydrogen) atoms. The minimum atomic E-state index is -0.876. The summed E-state index contributed by atoms with van der Waals surface area (Å²) < 4.78 is 1.68. The lowest BCUT2D eigenvalue weighted by atomic mass is 9.73. The number of anilines is 1. The molecule has 1 spiro atoms. The van der Waals surface area contributed by atoms with Gasteiger partial charge in [-0.25, -0.2) is 9.50 Å². The molecule has 2 amide bonds. The van der Waals surface area contributed by atoms with Crippen molar-refractivity contribution in [2.75, 3.05) is 11.9 Å². The van der Waals surface area contributed by atoms with Crippen molar-refractivity contribution in [2.24, 2.45) is 0 Å². The molecule has 4 aromatic rings. The number of carbonyl (C=O) groups is 2. The highest BCUT2D eigenvalue weighted by molar-refractivity contribution is 6.08. The lowest BCUT2D eigenvalue weighted by molar-refractivity contribution is -0.121. The molecule has 3 aromatic heterocycles. The average molecular weight is 438 g/mol. The monoisotopic (exact) mass is 438 g/mol. The van der Waals surface area contributed by atoms with Crippen molar-refractivity contribution >= 4 is 23.1 Å². The molecule has 1 fully saturated rings. The van der Waals surface area contributed by atoms with Crippen molar-refractivity contribution in [3.05, 3.63) is 89.1 Å². The number of carbonyl (C=O) groups excluding carboxylic acids is 2. The van der Waals surface area contributed by atoms with E-state index in [-0.39, 0.29) is 11.8 Å². The number of benzene rings is 1. The fourth-order valence-corrected chi connectivity index (χ4v) is 5.45. The fraction of sp³-hybridized carbons (Fsp3) is 0.240. The van der Waals surface area contributed by atoms with Crippen LogP contribution in [0.5, 0.6) is 0 Å². The minimum absolute atomic E-state index is 0.0870. The first-order chi connectivity index (χ1) is 16.0. The van der Waals surface area contributed by atoms with Crippen LogP contribution in [0.1, 0.15) is 45.5 Å². The Hall–Kier alpha value is -4.07. The molecule has 1 N–H and O–H groups in total. The first-order valence-electron chi connectivity index (χ1n) is 10.9. The molecular formula is C25H22N6O2. The van der Waals surface area contributed by atoms with Gasteiger partial charge in [0.25, 0.3) is 5.91 Å². The van der Waals surface area contributed by atoms with Crippen molar-refractivity contribution in [1.29, 1.82) is 0 Å². The number of pyridine rings is 1. The van der Waals surface area contributed by atoms with Gasteiger partial charge in [-0.3, -0.25) is 14.6 Å². The molecule has 2 atom stereocenters. The summed E-state index contributed by atoms with van der Waals surface area (Å²) in [5.74, 6) is -0.309. The van der Waals surface area contributed by atoms with E-state index in [9.17, 15) is 9.59 Å². The van der Waals surface area contributed by atoms with Crippen molar-refractivity contribution in [2.45, 2.75) is 31.7 Å². The van der Waals surface area contributed by atoms with Gasteiger partial charge in [-0.2, -0.15) is 5.10 Å². The Bertz CT molecular complexity index is 1430. The molecule has 0 bridgehead atoms. The molecule has 6 rings (SSSR count). The van der Waals surface area contributed by atoms with Crippen LogP contribution in [0.2, 0.25) is 0 Å². The van der Waals surface area contributed by atoms with Crippen LogP contribution >= 0.6 is 0 Å². The van der Waals surface area contributed by atoms with Crippen LogP contribution in [-0.4, -0.2) is 42.8 Å². The zero-order chi connectivity index (χ0) is 22.7. The van der Waals surface area contributed by atoms with Crippen LogP contribution in [-0.2, 0) is 10.2 Å². The summed E-state index contributed by atoms with van der Waals surface area (Å²) in [5, 5.41) is 7.59. The van der Waals surface area contributed by atoms with Crippen LogP contribution in [0.25, 0.3) is 5.65 Å². The second kappa shape index (κ2) is 6.96. The lowest BCUT2D eigenvalue weighted by Gasteiger charge is -2.33. The molecule has 2 aliphatic rings. The Morgan fingerprint density at radius 2 is 2.00 bits per heavy atom. The van der Waals surface area contributed by atoms with E-state index in [1.54, 1.807) is 27.9 Å². The number of nitrogens with zero attached hydrogens (tertiary/aromatic N) is 5. The number of hydrogen-bond donors (Lipinski definition) is 1. The SMILES string of the molecule is Cc1cc(C)n2nc(C(=O)N3CCC4(C(=O)Nc5ccccc54)C3c3cccnc3)cc2n1. The first kappa shape index (κ1) is 19.6. The van der Waals surface area contributed by atoms with E-state index in [1.807, 2.05) is 56.3 Å². The van der Waals surface area contributed by atoms with Gasteiger partial charge in [0.2, 0.25) is 5.91 Å². The van der Waals surface area contributed by atoms with Gasteiger partial charge in [-0.15, -0.1) is 0 Å². The van der Waals surface area contributed by atoms with E-state index in [1.165, 1.54) is 0 Å². The highest BCUT2D eigenvalue weighted by Crippen LogP contribution is 2.54. The highest BCUT2D eigenvalue weighted by atomic mass is 16.2. The topological polar surface area (TPSA) is 92.5 Å². The lowest BCUT2D eigenvalue weighted by Crippen LogP contribution is -2.42. The molecule has 8 nitrogen and oxygen atoms in total. The zero-order valence-corrected chi connectivity index (χ0v) is 18.3. The normalized spacial score (nSPS) is 21.6. The molecule has 5 heterocycles. The van der Waals surface area contributed by atoms with Crippen LogP contribution in [0.3, 0.4) is 0 Å². The molecule has 0 saturated carbocycles. The van der Waals surface area contributed by atoms with Crippen LogP contribution in [0.4, 0.5) is 5.69 Å². The van der Waals surface area contributed by atoms with E-state index in [0.29, 0.717) is 24.3 Å². The number of nitrogens with one attached hydrogen (secondary N) is 1. The van der Waals surface area contributed by atoms with Crippen molar-refractivity contribution < 1.29 is 9.59 Å². The number of aromatic nitrogens is 4. The molecule has 2 unspecified atom stereocenters. The van der Waals surface area contributed by atoms with Crippen LogP contribution in [0, 0.1) is 13.8 Å². The Morgan fingerprint density at radius 3 is 2.82 bits per heavy atom. The molecule has 8 heteroatoms. The zero-order valence-electron chi connectivity index (χ0n) is 18.3. The van der Waals surface area contributed by atoms with Gasteiger partial charge < -0.3 is 10.2 Å². The van der Waals surface area contributed by atoms with Gasteiger partial charge >= 0.3 is 0 Å². The number of rotatable bonds is 2. The number of amides is 2. The van der Waals surface area contributed by atoms with E-state index in [0.717, 1.165) is 28.2 Å². The Balaban J connectivity index is 1.49. The Kier molecular flexibility index (Phi) is 4.14. The summed E-state index contributed by atoms with van der Waals surface area (Å²) in [7, 11) is 0. The molecular weight excluding hydrogens is 416 g/mol. The average Bonchev–Trinajstić information content (AvgIpc) is 3.49. The van der Waals surface area contributed by atoms with Gasteiger partial charge in [0.1, 0.15) is 5.41 Å². The standard InChI is InChI=1S/C25H22N6O2/c1-15-12-16(2)31-21(27-15)13-20(29-31)23(32)30-11-9-25(22(30)17-6-5-10-26-14-17)18-7-3-4-8-19(18)28-24(25)33/h3-8,10,12-14,22H,9,11H2,1-2H3,(H,28,33). The fourth-order valence-electron chi connectivity index (χ4n) is 5.45. The molecule has 0 radical (unpaired) electrons. The number of aryl methyl sites for hydroxylation is 2. The number of para-hydroxylation sites is 1. The van der Waals surface area contributed by atoms with Gasteiger partial charge in [-0.05, 0) is 49.6 Å². The first-order valence-corrected chi connectivity index (χ1v) is 10.9. The van der Waals surface area contributed by atoms with E-state index >= 15 is 0 Å². The van der Waals surface area contributed by atoms with E-state index in [2.05, 4.69) is 20.4 Å². The predicted octanol–water partition coefficient (Wildman–Crippen LogP) is 3.22. The summed E-state index contributed by atoms with van der Waals surface area (Å²) in [5.41, 5.74) is 4.38.